The van der Waals surface area contributed by atoms with Crippen LogP contribution < -0.4 is 0 Å². The van der Waals surface area contributed by atoms with E-state index in [4.69, 9.17) is 0 Å². The lowest BCUT2D eigenvalue weighted by Gasteiger charge is -2.02. The Morgan fingerprint density at radius 1 is 1.18 bits per heavy atom. The minimum Gasteiger partial charge on any atom is -0.478 e. The summed E-state index contributed by atoms with van der Waals surface area (Å²) in [5.74, 6) is -0.977. The molecule has 2 rings (SSSR count). The molecule has 4 nitrogen and oxygen atoms in total. The van der Waals surface area contributed by atoms with Crippen LogP contribution in [0.25, 0.3) is 11.6 Å². The first-order valence-electron chi connectivity index (χ1n) is 5.04. The van der Waals surface area contributed by atoms with E-state index in [1.165, 1.54) is 12.4 Å². The van der Waals surface area contributed by atoms with Gasteiger partial charge in [-0.2, -0.15) is 0 Å². The maximum Gasteiger partial charge on any atom is 0.336 e. The monoisotopic (exact) mass is 226 g/mol. The number of hydrogen-bond acceptors (Lipinski definition) is 3. The number of carboxylic acids is 1. The molecule has 0 radical (unpaired) electrons. The van der Waals surface area contributed by atoms with E-state index in [2.05, 4.69) is 9.97 Å². The summed E-state index contributed by atoms with van der Waals surface area (Å²) in [7, 11) is 0. The number of carbonyl (C=O) groups is 1. The molecule has 4 heteroatoms. The van der Waals surface area contributed by atoms with Gasteiger partial charge in [0.1, 0.15) is 6.33 Å². The molecular weight excluding hydrogens is 216 g/mol. The topological polar surface area (TPSA) is 63.1 Å². The van der Waals surface area contributed by atoms with E-state index in [9.17, 15) is 9.90 Å². The summed E-state index contributed by atoms with van der Waals surface area (Å²) in [5, 5.41) is 9.18. The van der Waals surface area contributed by atoms with Crippen molar-refractivity contribution in [1.82, 2.24) is 9.97 Å². The summed E-state index contributed by atoms with van der Waals surface area (Å²) in [6.45, 7) is 0. The molecule has 17 heavy (non-hydrogen) atoms. The Morgan fingerprint density at radius 3 is 2.53 bits per heavy atom. The molecule has 0 aliphatic rings. The van der Waals surface area contributed by atoms with Crippen molar-refractivity contribution in [1.29, 1.82) is 0 Å². The van der Waals surface area contributed by atoms with Crippen LogP contribution in [-0.4, -0.2) is 21.0 Å². The maximum atomic E-state index is 11.2. The summed E-state index contributed by atoms with van der Waals surface area (Å²) < 4.78 is 0. The Bertz CT molecular complexity index is 536. The molecule has 0 aliphatic heterocycles. The van der Waals surface area contributed by atoms with Gasteiger partial charge >= 0.3 is 5.97 Å². The Kier molecular flexibility index (Phi) is 3.25. The second-order valence-corrected chi connectivity index (χ2v) is 3.36. The zero-order chi connectivity index (χ0) is 12.1. The Morgan fingerprint density at radius 2 is 1.94 bits per heavy atom. The average molecular weight is 226 g/mol. The second kappa shape index (κ2) is 5.03. The minimum atomic E-state index is -0.977. The van der Waals surface area contributed by atoms with Crippen LogP contribution in [-0.2, 0) is 4.79 Å². The van der Waals surface area contributed by atoms with Gasteiger partial charge in [-0.1, -0.05) is 30.3 Å². The first-order valence-corrected chi connectivity index (χ1v) is 5.04. The van der Waals surface area contributed by atoms with Gasteiger partial charge in [-0.3, -0.25) is 0 Å². The van der Waals surface area contributed by atoms with Crippen LogP contribution in [0.4, 0.5) is 0 Å². The third-order valence-electron chi connectivity index (χ3n) is 2.21. The molecule has 0 saturated carbocycles. The van der Waals surface area contributed by atoms with Crippen molar-refractivity contribution in [3.8, 4) is 0 Å². The number of carboxylic acid groups (broad SMARTS) is 1. The van der Waals surface area contributed by atoms with E-state index in [1.54, 1.807) is 36.5 Å². The number of aromatic nitrogens is 2. The summed E-state index contributed by atoms with van der Waals surface area (Å²) in [6.07, 6.45) is 4.49. The van der Waals surface area contributed by atoms with Gasteiger partial charge in [0.25, 0.3) is 0 Å². The van der Waals surface area contributed by atoms with Crippen LogP contribution in [0, 0.1) is 0 Å². The summed E-state index contributed by atoms with van der Waals surface area (Å²) >= 11 is 0. The van der Waals surface area contributed by atoms with Gasteiger partial charge in [0.05, 0.1) is 11.3 Å². The fourth-order valence-corrected chi connectivity index (χ4v) is 1.42. The highest BCUT2D eigenvalue weighted by atomic mass is 16.4. The van der Waals surface area contributed by atoms with Crippen LogP contribution in [0.2, 0.25) is 0 Å². The standard InChI is InChI=1S/C13H10N2O2/c16-13(17)12(10-4-2-1-3-5-10)8-11-6-7-14-9-15-11/h1-9H,(H,16,17). The van der Waals surface area contributed by atoms with Crippen molar-refractivity contribution in [2.45, 2.75) is 0 Å². The summed E-state index contributed by atoms with van der Waals surface area (Å²) in [4.78, 5) is 19.0. The largest absolute Gasteiger partial charge is 0.478 e. The van der Waals surface area contributed by atoms with Gasteiger partial charge in [0, 0.05) is 6.20 Å². The van der Waals surface area contributed by atoms with Crippen LogP contribution in [0.1, 0.15) is 11.3 Å². The molecule has 2 aromatic rings. The summed E-state index contributed by atoms with van der Waals surface area (Å²) in [5.41, 5.74) is 1.43. The molecule has 0 bridgehead atoms. The average Bonchev–Trinajstić information content (AvgIpc) is 2.38. The van der Waals surface area contributed by atoms with Crippen molar-refractivity contribution >= 4 is 17.6 Å². The zero-order valence-electron chi connectivity index (χ0n) is 8.95. The number of benzene rings is 1. The Balaban J connectivity index is 2.44. The smallest absolute Gasteiger partial charge is 0.336 e. The molecule has 0 saturated heterocycles. The predicted octanol–water partition coefficient (Wildman–Crippen LogP) is 2.10. The first kappa shape index (κ1) is 11.0. The highest BCUT2D eigenvalue weighted by Crippen LogP contribution is 2.17. The van der Waals surface area contributed by atoms with Crippen LogP contribution in [0.5, 0.6) is 0 Å². The van der Waals surface area contributed by atoms with Gasteiger partial charge in [0.2, 0.25) is 0 Å². The number of rotatable bonds is 3. The van der Waals surface area contributed by atoms with E-state index in [-0.39, 0.29) is 5.57 Å². The number of hydrogen-bond donors (Lipinski definition) is 1. The molecular formula is C13H10N2O2. The van der Waals surface area contributed by atoms with Crippen molar-refractivity contribution in [3.63, 3.8) is 0 Å². The fraction of sp³-hybridized carbons (Fsp3) is 0. The highest BCUT2D eigenvalue weighted by Gasteiger charge is 2.09. The molecule has 1 aromatic carbocycles. The van der Waals surface area contributed by atoms with E-state index in [0.29, 0.717) is 11.3 Å². The van der Waals surface area contributed by atoms with Crippen molar-refractivity contribution in [2.24, 2.45) is 0 Å². The highest BCUT2D eigenvalue weighted by molar-refractivity contribution is 6.20. The minimum absolute atomic E-state index is 0.212. The third kappa shape index (κ3) is 2.75. The number of nitrogens with zero attached hydrogens (tertiary/aromatic N) is 2. The lowest BCUT2D eigenvalue weighted by molar-refractivity contribution is -0.130. The quantitative estimate of drug-likeness (QED) is 0.814. The van der Waals surface area contributed by atoms with Gasteiger partial charge in [-0.05, 0) is 17.7 Å². The van der Waals surface area contributed by atoms with Crippen molar-refractivity contribution in [2.75, 3.05) is 0 Å². The third-order valence-corrected chi connectivity index (χ3v) is 2.21. The van der Waals surface area contributed by atoms with Crippen molar-refractivity contribution < 1.29 is 9.90 Å². The van der Waals surface area contributed by atoms with Gasteiger partial charge in [-0.25, -0.2) is 14.8 Å². The van der Waals surface area contributed by atoms with Crippen LogP contribution >= 0.6 is 0 Å². The molecule has 1 N–H and O–H groups in total. The molecule has 1 aromatic heterocycles. The van der Waals surface area contributed by atoms with E-state index in [0.717, 1.165) is 0 Å². The van der Waals surface area contributed by atoms with Crippen LogP contribution in [0.3, 0.4) is 0 Å². The Hall–Kier alpha value is -2.49. The molecule has 0 spiro atoms. The predicted molar refractivity (Wildman–Crippen MR) is 64.0 cm³/mol. The summed E-state index contributed by atoms with van der Waals surface area (Å²) in [6, 6.07) is 10.6. The molecule has 0 unspecified atom stereocenters. The normalized spacial score (nSPS) is 11.2. The van der Waals surface area contributed by atoms with Gasteiger partial charge in [0.15, 0.2) is 0 Å². The van der Waals surface area contributed by atoms with Crippen LogP contribution in [0.15, 0.2) is 48.9 Å². The molecule has 0 aliphatic carbocycles. The fourth-order valence-electron chi connectivity index (χ4n) is 1.42. The molecule has 0 fully saturated rings. The second-order valence-electron chi connectivity index (χ2n) is 3.36. The lowest BCUT2D eigenvalue weighted by Crippen LogP contribution is -1.99. The first-order chi connectivity index (χ1) is 8.27. The molecule has 1 heterocycles. The van der Waals surface area contributed by atoms with Gasteiger partial charge < -0.3 is 5.11 Å². The van der Waals surface area contributed by atoms with E-state index < -0.39 is 5.97 Å². The SMILES string of the molecule is O=C(O)C(=Cc1ccncn1)c1ccccc1. The molecule has 84 valence electrons. The maximum absolute atomic E-state index is 11.2. The number of aliphatic carboxylic acids is 1. The van der Waals surface area contributed by atoms with Crippen molar-refractivity contribution in [3.05, 3.63) is 60.2 Å². The Labute approximate surface area is 98.3 Å². The zero-order valence-corrected chi connectivity index (χ0v) is 8.95. The van der Waals surface area contributed by atoms with E-state index in [1.807, 2.05) is 6.07 Å². The molecule has 0 amide bonds. The molecule has 0 atom stereocenters. The van der Waals surface area contributed by atoms with Gasteiger partial charge in [-0.15, -0.1) is 0 Å². The lowest BCUT2D eigenvalue weighted by atomic mass is 10.1. The van der Waals surface area contributed by atoms with E-state index >= 15 is 0 Å².